The van der Waals surface area contributed by atoms with Gasteiger partial charge in [-0.1, -0.05) is 12.1 Å². The van der Waals surface area contributed by atoms with E-state index in [9.17, 15) is 5.11 Å². The van der Waals surface area contributed by atoms with E-state index < -0.39 is 6.10 Å². The minimum Gasteiger partial charge on any atom is -0.493 e. The van der Waals surface area contributed by atoms with Crippen LogP contribution in [0.3, 0.4) is 0 Å². The number of ether oxygens (including phenoxy) is 1. The van der Waals surface area contributed by atoms with Gasteiger partial charge in [-0.2, -0.15) is 5.10 Å². The molecule has 1 N–H and O–H groups in total. The Morgan fingerprint density at radius 1 is 1.45 bits per heavy atom. The van der Waals surface area contributed by atoms with Gasteiger partial charge in [-0.3, -0.25) is 4.68 Å². The molecule has 2 aromatic rings. The first-order chi connectivity index (χ1) is 9.76. The molecule has 4 heteroatoms. The van der Waals surface area contributed by atoms with Crippen molar-refractivity contribution in [2.45, 2.75) is 38.8 Å². The van der Waals surface area contributed by atoms with Gasteiger partial charge in [-0.15, -0.1) is 0 Å². The van der Waals surface area contributed by atoms with E-state index in [1.54, 1.807) is 6.20 Å². The molecule has 1 atom stereocenters. The number of aryl methyl sites for hydroxylation is 2. The first kappa shape index (κ1) is 13.2. The summed E-state index contributed by atoms with van der Waals surface area (Å²) in [6, 6.07) is 6.33. The summed E-state index contributed by atoms with van der Waals surface area (Å²) in [6.45, 7) is 3.66. The lowest BCUT2D eigenvalue weighted by atomic mass is 10.0. The lowest BCUT2D eigenvalue weighted by Gasteiger charge is -2.09. The van der Waals surface area contributed by atoms with Gasteiger partial charge in [0.1, 0.15) is 5.75 Å². The second kappa shape index (κ2) is 5.67. The van der Waals surface area contributed by atoms with Gasteiger partial charge < -0.3 is 9.84 Å². The highest BCUT2D eigenvalue weighted by Gasteiger charge is 2.14. The summed E-state index contributed by atoms with van der Waals surface area (Å²) < 4.78 is 7.34. The zero-order valence-electron chi connectivity index (χ0n) is 11.7. The maximum Gasteiger partial charge on any atom is 0.122 e. The minimum absolute atomic E-state index is 0.445. The standard InChI is InChI=1S/C16H20N2O2/c1-2-18-11-14(10-17-18)15(19)5-3-12-4-6-16-13(9-12)7-8-20-16/h4,6,9-11,15,19H,2-3,5,7-8H2,1H3. The molecule has 0 amide bonds. The van der Waals surface area contributed by atoms with Crippen LogP contribution in [-0.4, -0.2) is 21.5 Å². The number of hydrogen-bond donors (Lipinski definition) is 1. The number of benzene rings is 1. The fourth-order valence-electron chi connectivity index (χ4n) is 2.59. The average molecular weight is 272 g/mol. The van der Waals surface area contributed by atoms with E-state index in [0.29, 0.717) is 0 Å². The Bertz CT molecular complexity index is 592. The highest BCUT2D eigenvalue weighted by Crippen LogP contribution is 2.27. The molecule has 0 aliphatic carbocycles. The van der Waals surface area contributed by atoms with Crippen LogP contribution >= 0.6 is 0 Å². The van der Waals surface area contributed by atoms with Gasteiger partial charge in [-0.05, 0) is 37.0 Å². The van der Waals surface area contributed by atoms with E-state index in [2.05, 4.69) is 17.2 Å². The molecule has 0 radical (unpaired) electrons. The summed E-state index contributed by atoms with van der Waals surface area (Å²) >= 11 is 0. The van der Waals surface area contributed by atoms with E-state index in [1.807, 2.05) is 23.9 Å². The average Bonchev–Trinajstić information content (AvgIpc) is 3.12. The maximum absolute atomic E-state index is 10.2. The number of aromatic nitrogens is 2. The van der Waals surface area contributed by atoms with Gasteiger partial charge in [0.2, 0.25) is 0 Å². The Morgan fingerprint density at radius 3 is 3.15 bits per heavy atom. The molecule has 1 unspecified atom stereocenters. The van der Waals surface area contributed by atoms with Crippen LogP contribution in [0.5, 0.6) is 5.75 Å². The van der Waals surface area contributed by atoms with Crippen LogP contribution in [0.1, 0.15) is 36.1 Å². The van der Waals surface area contributed by atoms with E-state index >= 15 is 0 Å². The van der Waals surface area contributed by atoms with Gasteiger partial charge in [-0.25, -0.2) is 0 Å². The van der Waals surface area contributed by atoms with Crippen LogP contribution in [0.4, 0.5) is 0 Å². The number of aliphatic hydroxyl groups excluding tert-OH is 1. The SMILES string of the molecule is CCn1cc(C(O)CCc2ccc3c(c2)CCO3)cn1. The zero-order chi connectivity index (χ0) is 13.9. The van der Waals surface area contributed by atoms with Gasteiger partial charge >= 0.3 is 0 Å². The Hall–Kier alpha value is -1.81. The summed E-state index contributed by atoms with van der Waals surface area (Å²) in [5, 5.41) is 14.4. The van der Waals surface area contributed by atoms with Gasteiger partial charge in [0.25, 0.3) is 0 Å². The Balaban J connectivity index is 1.61. The number of fused-ring (bicyclic) bond motifs is 1. The predicted molar refractivity (Wildman–Crippen MR) is 76.8 cm³/mol. The molecule has 0 fully saturated rings. The molecule has 0 spiro atoms. The molecule has 20 heavy (non-hydrogen) atoms. The smallest absolute Gasteiger partial charge is 0.122 e. The maximum atomic E-state index is 10.2. The summed E-state index contributed by atoms with van der Waals surface area (Å²) in [4.78, 5) is 0. The third-order valence-electron chi connectivity index (χ3n) is 3.82. The van der Waals surface area contributed by atoms with Crippen LogP contribution < -0.4 is 4.74 Å². The van der Waals surface area contributed by atoms with E-state index in [-0.39, 0.29) is 0 Å². The predicted octanol–water partition coefficient (Wildman–Crippen LogP) is 2.50. The molecule has 1 aromatic carbocycles. The monoisotopic (exact) mass is 272 g/mol. The van der Waals surface area contributed by atoms with Crippen LogP contribution in [0, 0.1) is 0 Å². The largest absolute Gasteiger partial charge is 0.493 e. The lowest BCUT2D eigenvalue weighted by molar-refractivity contribution is 0.167. The normalized spacial score (nSPS) is 14.9. The summed E-state index contributed by atoms with van der Waals surface area (Å²) in [7, 11) is 0. The molecule has 106 valence electrons. The fraction of sp³-hybridized carbons (Fsp3) is 0.438. The Kier molecular flexibility index (Phi) is 3.74. The van der Waals surface area contributed by atoms with Crippen molar-refractivity contribution in [2.75, 3.05) is 6.61 Å². The van der Waals surface area contributed by atoms with Crippen molar-refractivity contribution in [2.24, 2.45) is 0 Å². The van der Waals surface area contributed by atoms with Crippen molar-refractivity contribution >= 4 is 0 Å². The van der Waals surface area contributed by atoms with E-state index in [1.165, 1.54) is 11.1 Å². The Labute approximate surface area is 119 Å². The third-order valence-corrected chi connectivity index (χ3v) is 3.82. The van der Waals surface area contributed by atoms with Crippen molar-refractivity contribution < 1.29 is 9.84 Å². The second-order valence-corrected chi connectivity index (χ2v) is 5.22. The molecule has 0 bridgehead atoms. The van der Waals surface area contributed by atoms with Crippen molar-refractivity contribution in [3.8, 4) is 5.75 Å². The summed E-state index contributed by atoms with van der Waals surface area (Å²) in [5.74, 6) is 1.01. The zero-order valence-corrected chi connectivity index (χ0v) is 11.7. The molecular formula is C16H20N2O2. The second-order valence-electron chi connectivity index (χ2n) is 5.22. The van der Waals surface area contributed by atoms with Crippen molar-refractivity contribution in [1.82, 2.24) is 9.78 Å². The minimum atomic E-state index is -0.445. The highest BCUT2D eigenvalue weighted by molar-refractivity contribution is 5.39. The van der Waals surface area contributed by atoms with Crippen LogP contribution in [0.2, 0.25) is 0 Å². The highest BCUT2D eigenvalue weighted by atomic mass is 16.5. The van der Waals surface area contributed by atoms with E-state index in [4.69, 9.17) is 4.74 Å². The van der Waals surface area contributed by atoms with Crippen molar-refractivity contribution in [3.05, 3.63) is 47.3 Å². The first-order valence-electron chi connectivity index (χ1n) is 7.21. The number of hydrogen-bond acceptors (Lipinski definition) is 3. The van der Waals surface area contributed by atoms with E-state index in [0.717, 1.165) is 43.7 Å². The van der Waals surface area contributed by atoms with Gasteiger partial charge in [0, 0.05) is 24.7 Å². The van der Waals surface area contributed by atoms with Crippen LogP contribution in [0.25, 0.3) is 0 Å². The number of aliphatic hydroxyl groups is 1. The third kappa shape index (κ3) is 2.70. The number of rotatable bonds is 5. The molecule has 0 saturated carbocycles. The van der Waals surface area contributed by atoms with Gasteiger partial charge in [0.15, 0.2) is 0 Å². The molecule has 3 rings (SSSR count). The number of nitrogens with zero attached hydrogens (tertiary/aromatic N) is 2. The summed E-state index contributed by atoms with van der Waals surface area (Å²) in [6.07, 6.45) is 5.81. The quantitative estimate of drug-likeness (QED) is 0.909. The van der Waals surface area contributed by atoms with Crippen LogP contribution in [0.15, 0.2) is 30.6 Å². The fourth-order valence-corrected chi connectivity index (χ4v) is 2.59. The lowest BCUT2D eigenvalue weighted by Crippen LogP contribution is -1.99. The van der Waals surface area contributed by atoms with Crippen molar-refractivity contribution in [3.63, 3.8) is 0 Å². The van der Waals surface area contributed by atoms with Crippen molar-refractivity contribution in [1.29, 1.82) is 0 Å². The van der Waals surface area contributed by atoms with Crippen LogP contribution in [-0.2, 0) is 19.4 Å². The first-order valence-corrected chi connectivity index (χ1v) is 7.21. The molecular weight excluding hydrogens is 252 g/mol. The Morgan fingerprint density at radius 2 is 2.35 bits per heavy atom. The summed E-state index contributed by atoms with van der Waals surface area (Å²) in [5.41, 5.74) is 3.45. The molecule has 1 aliphatic rings. The molecule has 1 aliphatic heterocycles. The molecule has 4 nitrogen and oxygen atoms in total. The molecule has 0 saturated heterocycles. The van der Waals surface area contributed by atoms with Gasteiger partial charge in [0.05, 0.1) is 18.9 Å². The topological polar surface area (TPSA) is 47.3 Å². The molecule has 2 heterocycles. The molecule has 1 aromatic heterocycles.